The van der Waals surface area contributed by atoms with E-state index >= 15 is 0 Å². The Kier molecular flexibility index (Phi) is 7.41. The number of hydrogen-bond donors (Lipinski definition) is 1. The number of anilines is 1. The van der Waals surface area contributed by atoms with Crippen molar-refractivity contribution in [3.05, 3.63) is 94.5 Å². The third-order valence-corrected chi connectivity index (χ3v) is 6.96. The number of nitrogens with one attached hydrogen (secondary N) is 1. The Labute approximate surface area is 191 Å². The highest BCUT2D eigenvalue weighted by Gasteiger charge is 2.31. The number of nitro groups is 1. The minimum atomic E-state index is -3.91. The minimum Gasteiger partial charge on any atom is -0.497 e. The summed E-state index contributed by atoms with van der Waals surface area (Å²) in [5.41, 5.74) is 0.673. The zero-order valence-corrected chi connectivity index (χ0v) is 18.9. The van der Waals surface area contributed by atoms with E-state index in [2.05, 4.69) is 5.32 Å². The van der Waals surface area contributed by atoms with Crippen molar-refractivity contribution >= 4 is 27.3 Å². The average molecular weight is 470 g/mol. The van der Waals surface area contributed by atoms with Gasteiger partial charge in [-0.2, -0.15) is 4.31 Å². The van der Waals surface area contributed by atoms with Crippen LogP contribution < -0.4 is 10.1 Å². The Morgan fingerprint density at radius 2 is 1.73 bits per heavy atom. The molecule has 1 atom stereocenters. The van der Waals surface area contributed by atoms with E-state index in [1.54, 1.807) is 42.5 Å². The van der Waals surface area contributed by atoms with E-state index in [0.29, 0.717) is 11.3 Å². The Morgan fingerprint density at radius 3 is 2.33 bits per heavy atom. The second-order valence-corrected chi connectivity index (χ2v) is 9.18. The monoisotopic (exact) mass is 469 g/mol. The molecule has 3 rings (SSSR count). The molecule has 0 fully saturated rings. The molecule has 0 spiro atoms. The summed E-state index contributed by atoms with van der Waals surface area (Å²) in [7, 11) is -0.972. The summed E-state index contributed by atoms with van der Waals surface area (Å²) in [6.45, 7) is 0. The van der Waals surface area contributed by atoms with Crippen molar-refractivity contribution < 1.29 is 22.9 Å². The van der Waals surface area contributed by atoms with Gasteiger partial charge in [-0.3, -0.25) is 14.9 Å². The van der Waals surface area contributed by atoms with Crippen molar-refractivity contribution in [2.45, 2.75) is 17.4 Å². The highest BCUT2D eigenvalue weighted by Crippen LogP contribution is 2.30. The largest absolute Gasteiger partial charge is 0.497 e. The molecule has 1 amide bonds. The number of nitro benzene ring substituents is 1. The Hall–Kier alpha value is -3.76. The summed E-state index contributed by atoms with van der Waals surface area (Å²) in [5.74, 6) is 0.0959. The molecule has 0 bridgehead atoms. The van der Waals surface area contributed by atoms with Crippen LogP contribution in [0.1, 0.15) is 18.0 Å². The standard InChI is InChI=1S/C23H23N3O6S/c1-25(33(30,31)21-9-4-3-5-10-21)22(17-11-13-20(32-2)14-12-17)16-23(27)24-18-7-6-8-19(15-18)26(28)29/h3-15,22H,16H2,1-2H3,(H,24,27)/t22-/m0/s1. The van der Waals surface area contributed by atoms with Gasteiger partial charge in [-0.1, -0.05) is 36.4 Å². The van der Waals surface area contributed by atoms with Crippen LogP contribution >= 0.6 is 0 Å². The van der Waals surface area contributed by atoms with Crippen molar-refractivity contribution in [1.82, 2.24) is 4.31 Å². The molecule has 1 N–H and O–H groups in total. The van der Waals surface area contributed by atoms with Crippen molar-refractivity contribution in [2.75, 3.05) is 19.5 Å². The molecular weight excluding hydrogens is 446 g/mol. The molecule has 0 unspecified atom stereocenters. The number of carbonyl (C=O) groups is 1. The maximum atomic E-state index is 13.2. The van der Waals surface area contributed by atoms with E-state index in [9.17, 15) is 23.3 Å². The van der Waals surface area contributed by atoms with Gasteiger partial charge in [0.2, 0.25) is 15.9 Å². The fraction of sp³-hybridized carbons (Fsp3) is 0.174. The molecule has 10 heteroatoms. The number of hydrogen-bond acceptors (Lipinski definition) is 6. The van der Waals surface area contributed by atoms with Crippen LogP contribution in [0.3, 0.4) is 0 Å². The summed E-state index contributed by atoms with van der Waals surface area (Å²) in [6.07, 6.45) is -0.211. The third kappa shape index (κ3) is 5.73. The van der Waals surface area contributed by atoms with Gasteiger partial charge in [-0.15, -0.1) is 0 Å². The number of nitrogens with zero attached hydrogens (tertiary/aromatic N) is 2. The van der Waals surface area contributed by atoms with E-state index in [1.807, 2.05) is 0 Å². The van der Waals surface area contributed by atoms with Crippen molar-refractivity contribution in [1.29, 1.82) is 0 Å². The van der Waals surface area contributed by atoms with Crippen LogP contribution in [-0.4, -0.2) is 37.7 Å². The van der Waals surface area contributed by atoms with E-state index in [-0.39, 0.29) is 22.7 Å². The minimum absolute atomic E-state index is 0.102. The summed E-state index contributed by atoms with van der Waals surface area (Å²) in [4.78, 5) is 23.4. The van der Waals surface area contributed by atoms with Gasteiger partial charge >= 0.3 is 0 Å². The smallest absolute Gasteiger partial charge is 0.271 e. The molecule has 0 saturated heterocycles. The SMILES string of the molecule is COc1ccc([C@H](CC(=O)Nc2cccc([N+](=O)[O-])c2)N(C)S(=O)(=O)c2ccccc2)cc1. The van der Waals surface area contributed by atoms with Crippen LogP contribution in [0.25, 0.3) is 0 Å². The van der Waals surface area contributed by atoms with E-state index in [0.717, 1.165) is 4.31 Å². The highest BCUT2D eigenvalue weighted by molar-refractivity contribution is 7.89. The first-order valence-electron chi connectivity index (χ1n) is 9.93. The predicted octanol–water partition coefficient (Wildman–Crippen LogP) is 3.99. The first-order chi connectivity index (χ1) is 15.7. The van der Waals surface area contributed by atoms with Gasteiger partial charge in [0.05, 0.1) is 23.0 Å². The lowest BCUT2D eigenvalue weighted by molar-refractivity contribution is -0.384. The van der Waals surface area contributed by atoms with Crippen LogP contribution in [0, 0.1) is 10.1 Å². The van der Waals surface area contributed by atoms with Gasteiger partial charge in [-0.25, -0.2) is 8.42 Å². The number of ether oxygens (including phenoxy) is 1. The molecule has 0 aliphatic heterocycles. The molecule has 9 nitrogen and oxygen atoms in total. The van der Waals surface area contributed by atoms with Crippen molar-refractivity contribution in [3.8, 4) is 5.75 Å². The highest BCUT2D eigenvalue weighted by atomic mass is 32.2. The molecule has 0 radical (unpaired) electrons. The molecule has 0 aromatic heterocycles. The number of benzene rings is 3. The van der Waals surface area contributed by atoms with Crippen LogP contribution in [0.4, 0.5) is 11.4 Å². The van der Waals surface area contributed by atoms with Crippen molar-refractivity contribution in [3.63, 3.8) is 0 Å². The van der Waals surface area contributed by atoms with Gasteiger partial charge in [0, 0.05) is 31.3 Å². The van der Waals surface area contributed by atoms with E-state index < -0.39 is 26.9 Å². The molecule has 3 aromatic rings. The van der Waals surface area contributed by atoms with Crippen LogP contribution in [0.5, 0.6) is 5.75 Å². The maximum absolute atomic E-state index is 13.2. The number of non-ortho nitro benzene ring substituents is 1. The average Bonchev–Trinajstić information content (AvgIpc) is 2.83. The van der Waals surface area contributed by atoms with Crippen molar-refractivity contribution in [2.24, 2.45) is 0 Å². The van der Waals surface area contributed by atoms with Gasteiger partial charge < -0.3 is 10.1 Å². The predicted molar refractivity (Wildman–Crippen MR) is 123 cm³/mol. The lowest BCUT2D eigenvalue weighted by atomic mass is 10.0. The molecule has 0 aliphatic carbocycles. The third-order valence-electron chi connectivity index (χ3n) is 5.08. The van der Waals surface area contributed by atoms with Crippen LogP contribution in [0.2, 0.25) is 0 Å². The Balaban J connectivity index is 1.90. The Morgan fingerprint density at radius 1 is 1.06 bits per heavy atom. The topological polar surface area (TPSA) is 119 Å². The molecule has 0 heterocycles. The van der Waals surface area contributed by atoms with E-state index in [4.69, 9.17) is 4.74 Å². The summed E-state index contributed by atoms with van der Waals surface area (Å²) >= 11 is 0. The summed E-state index contributed by atoms with van der Waals surface area (Å²) in [5, 5.41) is 13.6. The fourth-order valence-corrected chi connectivity index (χ4v) is 4.66. The molecule has 3 aromatic carbocycles. The van der Waals surface area contributed by atoms with Gasteiger partial charge in [-0.05, 0) is 35.9 Å². The number of methoxy groups -OCH3 is 1. The maximum Gasteiger partial charge on any atom is 0.271 e. The number of amides is 1. The first kappa shape index (κ1) is 23.9. The first-order valence-corrected chi connectivity index (χ1v) is 11.4. The molecule has 0 saturated carbocycles. The number of sulfonamides is 1. The lowest BCUT2D eigenvalue weighted by Crippen LogP contribution is -2.33. The quantitative estimate of drug-likeness (QED) is 0.374. The zero-order chi connectivity index (χ0) is 24.0. The van der Waals surface area contributed by atoms with Gasteiger partial charge in [0.1, 0.15) is 5.75 Å². The van der Waals surface area contributed by atoms with E-state index in [1.165, 1.54) is 50.6 Å². The van der Waals surface area contributed by atoms with Gasteiger partial charge in [0.15, 0.2) is 0 Å². The normalized spacial score (nSPS) is 12.2. The summed E-state index contributed by atoms with van der Waals surface area (Å²) < 4.78 is 32.8. The second-order valence-electron chi connectivity index (χ2n) is 7.18. The molecule has 172 valence electrons. The van der Waals surface area contributed by atoms with Crippen LogP contribution in [-0.2, 0) is 14.8 Å². The zero-order valence-electron chi connectivity index (χ0n) is 18.0. The lowest BCUT2D eigenvalue weighted by Gasteiger charge is -2.28. The van der Waals surface area contributed by atoms with Crippen LogP contribution in [0.15, 0.2) is 83.8 Å². The Bertz CT molecular complexity index is 1230. The second kappa shape index (κ2) is 10.2. The number of rotatable bonds is 9. The number of carbonyl (C=O) groups excluding carboxylic acids is 1. The molecular formula is C23H23N3O6S. The molecule has 0 aliphatic rings. The summed E-state index contributed by atoms with van der Waals surface area (Å²) in [6, 6.07) is 19.4. The fourth-order valence-electron chi connectivity index (χ4n) is 3.29. The molecule has 33 heavy (non-hydrogen) atoms. The van der Waals surface area contributed by atoms with Gasteiger partial charge in [0.25, 0.3) is 5.69 Å².